The number of ether oxygens (including phenoxy) is 1. The standard InChI is InChI=1S/C25H34ClN3O2/c1-25(2,3)31-24(30)28-16-14-21-22(15-17-28)27-29(20-8-6-4-5-7-9-20)23(21)18-10-12-19(26)13-11-18/h10-13,20H,4-9,14-17H2,1-3H3. The lowest BCUT2D eigenvalue weighted by atomic mass is 10.0. The molecule has 1 aromatic heterocycles. The van der Waals surface area contributed by atoms with Gasteiger partial charge in [-0.15, -0.1) is 0 Å². The van der Waals surface area contributed by atoms with Crippen LogP contribution in [0.25, 0.3) is 11.3 Å². The molecule has 2 heterocycles. The number of rotatable bonds is 2. The maximum Gasteiger partial charge on any atom is 0.410 e. The Hall–Kier alpha value is -2.01. The zero-order valence-electron chi connectivity index (χ0n) is 19.0. The van der Waals surface area contributed by atoms with Crippen LogP contribution in [0.3, 0.4) is 0 Å². The van der Waals surface area contributed by atoms with Gasteiger partial charge in [0.15, 0.2) is 0 Å². The van der Waals surface area contributed by atoms with Gasteiger partial charge < -0.3 is 9.64 Å². The lowest BCUT2D eigenvalue weighted by molar-refractivity contribution is 0.0258. The SMILES string of the molecule is CC(C)(C)OC(=O)N1CCc2nn(C3CCCCCC3)c(-c3ccc(Cl)cc3)c2CC1. The van der Waals surface area contributed by atoms with E-state index in [4.69, 9.17) is 21.4 Å². The maximum atomic E-state index is 12.6. The van der Waals surface area contributed by atoms with Crippen LogP contribution in [0.5, 0.6) is 0 Å². The number of halogens is 1. The van der Waals surface area contributed by atoms with Gasteiger partial charge in [0.1, 0.15) is 5.60 Å². The number of hydrogen-bond donors (Lipinski definition) is 0. The molecule has 4 rings (SSSR count). The van der Waals surface area contributed by atoms with Crippen molar-refractivity contribution >= 4 is 17.7 Å². The number of aromatic nitrogens is 2. The summed E-state index contributed by atoms with van der Waals surface area (Å²) in [5.74, 6) is 0. The van der Waals surface area contributed by atoms with Crippen molar-refractivity contribution in [3.05, 3.63) is 40.5 Å². The summed E-state index contributed by atoms with van der Waals surface area (Å²) < 4.78 is 7.92. The summed E-state index contributed by atoms with van der Waals surface area (Å²) in [7, 11) is 0. The summed E-state index contributed by atoms with van der Waals surface area (Å²) >= 11 is 6.18. The highest BCUT2D eigenvalue weighted by atomic mass is 35.5. The fourth-order valence-corrected chi connectivity index (χ4v) is 4.89. The number of carbonyl (C=O) groups excluding carboxylic acids is 1. The third-order valence-electron chi connectivity index (χ3n) is 6.28. The van der Waals surface area contributed by atoms with E-state index in [-0.39, 0.29) is 6.09 Å². The Morgan fingerprint density at radius 1 is 1.03 bits per heavy atom. The van der Waals surface area contributed by atoms with Gasteiger partial charge in [0, 0.05) is 35.7 Å². The summed E-state index contributed by atoms with van der Waals surface area (Å²) in [6, 6.07) is 8.56. The predicted molar refractivity (Wildman–Crippen MR) is 125 cm³/mol. The molecule has 0 saturated heterocycles. The van der Waals surface area contributed by atoms with Crippen LogP contribution < -0.4 is 0 Å². The fourth-order valence-electron chi connectivity index (χ4n) is 4.77. The van der Waals surface area contributed by atoms with Crippen molar-refractivity contribution in [1.82, 2.24) is 14.7 Å². The average molecular weight is 444 g/mol. The highest BCUT2D eigenvalue weighted by Crippen LogP contribution is 2.36. The molecule has 6 heteroatoms. The third-order valence-corrected chi connectivity index (χ3v) is 6.53. The second-order valence-corrected chi connectivity index (χ2v) is 10.3. The molecule has 168 valence electrons. The molecule has 1 aliphatic heterocycles. The van der Waals surface area contributed by atoms with Crippen molar-refractivity contribution in [3.63, 3.8) is 0 Å². The van der Waals surface area contributed by atoms with E-state index in [0.717, 1.165) is 29.1 Å². The molecule has 1 aromatic carbocycles. The van der Waals surface area contributed by atoms with Crippen LogP contribution in [0, 0.1) is 0 Å². The van der Waals surface area contributed by atoms with Crippen LogP contribution in [0.15, 0.2) is 24.3 Å². The van der Waals surface area contributed by atoms with Crippen molar-refractivity contribution in [1.29, 1.82) is 0 Å². The smallest absolute Gasteiger partial charge is 0.410 e. The Balaban J connectivity index is 1.66. The molecule has 31 heavy (non-hydrogen) atoms. The van der Waals surface area contributed by atoms with Crippen LogP contribution >= 0.6 is 11.6 Å². The molecule has 0 atom stereocenters. The van der Waals surface area contributed by atoms with Gasteiger partial charge in [-0.05, 0) is 52.2 Å². The van der Waals surface area contributed by atoms with E-state index in [1.807, 2.05) is 37.8 Å². The third kappa shape index (κ3) is 5.25. The van der Waals surface area contributed by atoms with Crippen LogP contribution in [0.4, 0.5) is 4.79 Å². The summed E-state index contributed by atoms with van der Waals surface area (Å²) in [4.78, 5) is 14.5. The van der Waals surface area contributed by atoms with Crippen molar-refractivity contribution in [3.8, 4) is 11.3 Å². The van der Waals surface area contributed by atoms with E-state index >= 15 is 0 Å². The van der Waals surface area contributed by atoms with Gasteiger partial charge in [0.25, 0.3) is 0 Å². The topological polar surface area (TPSA) is 47.4 Å². The molecular weight excluding hydrogens is 410 g/mol. The summed E-state index contributed by atoms with van der Waals surface area (Å²) in [5, 5.41) is 5.89. The monoisotopic (exact) mass is 443 g/mol. The molecular formula is C25H34ClN3O2. The molecule has 1 amide bonds. The van der Waals surface area contributed by atoms with Gasteiger partial charge in [-0.25, -0.2) is 4.79 Å². The minimum absolute atomic E-state index is 0.234. The molecule has 0 N–H and O–H groups in total. The number of hydrogen-bond acceptors (Lipinski definition) is 3. The molecule has 1 fully saturated rings. The van der Waals surface area contributed by atoms with E-state index in [2.05, 4.69) is 16.8 Å². The molecule has 1 saturated carbocycles. The van der Waals surface area contributed by atoms with E-state index in [1.165, 1.54) is 49.8 Å². The van der Waals surface area contributed by atoms with Gasteiger partial charge in [0.05, 0.1) is 17.4 Å². The molecule has 1 aliphatic carbocycles. The van der Waals surface area contributed by atoms with Crippen LogP contribution in [-0.2, 0) is 17.6 Å². The van der Waals surface area contributed by atoms with Crippen molar-refractivity contribution in [2.24, 2.45) is 0 Å². The van der Waals surface area contributed by atoms with E-state index in [1.54, 1.807) is 0 Å². The van der Waals surface area contributed by atoms with Gasteiger partial charge in [-0.3, -0.25) is 4.68 Å². The summed E-state index contributed by atoms with van der Waals surface area (Å²) in [5.41, 5.74) is 4.29. The summed E-state index contributed by atoms with van der Waals surface area (Å²) in [6.07, 6.45) is 8.85. The van der Waals surface area contributed by atoms with Crippen LogP contribution in [0.1, 0.15) is 76.6 Å². The van der Waals surface area contributed by atoms with Gasteiger partial charge in [-0.2, -0.15) is 5.10 Å². The van der Waals surface area contributed by atoms with E-state index < -0.39 is 5.60 Å². The zero-order chi connectivity index (χ0) is 22.0. The molecule has 2 aliphatic rings. The number of fused-ring (bicyclic) bond motifs is 1. The Morgan fingerprint density at radius 3 is 2.32 bits per heavy atom. The molecule has 0 bridgehead atoms. The molecule has 0 unspecified atom stereocenters. The number of carbonyl (C=O) groups is 1. The molecule has 2 aromatic rings. The quantitative estimate of drug-likeness (QED) is 0.502. The number of amides is 1. The van der Waals surface area contributed by atoms with Crippen molar-refractivity contribution < 1.29 is 9.53 Å². The molecule has 5 nitrogen and oxygen atoms in total. The first-order valence-corrected chi connectivity index (χ1v) is 12.0. The first-order valence-electron chi connectivity index (χ1n) is 11.7. The Kier molecular flexibility index (Phi) is 6.61. The first kappa shape index (κ1) is 22.2. The predicted octanol–water partition coefficient (Wildman–Crippen LogP) is 6.43. The van der Waals surface area contributed by atoms with Crippen molar-refractivity contribution in [2.45, 2.75) is 83.8 Å². The number of benzene rings is 1. The second-order valence-electron chi connectivity index (χ2n) is 9.84. The molecule has 0 radical (unpaired) electrons. The summed E-state index contributed by atoms with van der Waals surface area (Å²) in [6.45, 7) is 7.02. The van der Waals surface area contributed by atoms with Crippen molar-refractivity contribution in [2.75, 3.05) is 13.1 Å². The van der Waals surface area contributed by atoms with Gasteiger partial charge in [0.2, 0.25) is 0 Å². The minimum atomic E-state index is -0.485. The van der Waals surface area contributed by atoms with E-state index in [0.29, 0.717) is 19.1 Å². The average Bonchev–Trinajstić information content (AvgIpc) is 2.89. The highest BCUT2D eigenvalue weighted by molar-refractivity contribution is 6.30. The van der Waals surface area contributed by atoms with E-state index in [9.17, 15) is 4.79 Å². The molecule has 0 spiro atoms. The van der Waals surface area contributed by atoms with Crippen LogP contribution in [-0.4, -0.2) is 39.5 Å². The largest absolute Gasteiger partial charge is 0.444 e. The van der Waals surface area contributed by atoms with Gasteiger partial charge in [-0.1, -0.05) is 49.4 Å². The maximum absolute atomic E-state index is 12.6. The number of nitrogens with zero attached hydrogens (tertiary/aromatic N) is 3. The normalized spacial score (nSPS) is 18.3. The Morgan fingerprint density at radius 2 is 1.68 bits per heavy atom. The fraction of sp³-hybridized carbons (Fsp3) is 0.600. The van der Waals surface area contributed by atoms with Gasteiger partial charge >= 0.3 is 6.09 Å². The Bertz CT molecular complexity index is 906. The lowest BCUT2D eigenvalue weighted by Crippen LogP contribution is -2.38. The van der Waals surface area contributed by atoms with Crippen LogP contribution in [0.2, 0.25) is 5.02 Å². The first-order chi connectivity index (χ1) is 14.8. The lowest BCUT2D eigenvalue weighted by Gasteiger charge is -2.26. The second kappa shape index (κ2) is 9.23. The minimum Gasteiger partial charge on any atom is -0.444 e. The zero-order valence-corrected chi connectivity index (χ0v) is 19.7. The Labute approximate surface area is 190 Å². The highest BCUT2D eigenvalue weighted by Gasteiger charge is 2.29.